The van der Waals surface area contributed by atoms with Crippen LogP contribution in [0.2, 0.25) is 0 Å². The minimum atomic E-state index is -3.19. The minimum Gasteiger partial charge on any atom is -0.308 e. The van der Waals surface area contributed by atoms with Crippen LogP contribution in [0.3, 0.4) is 0 Å². The maximum Gasteiger partial charge on any atom is 0.350 e. The van der Waals surface area contributed by atoms with Crippen molar-refractivity contribution in [1.82, 2.24) is 5.06 Å². The van der Waals surface area contributed by atoms with Crippen molar-refractivity contribution in [2.75, 3.05) is 20.3 Å². The molecular formula is C15H24NO4P. The molecule has 21 heavy (non-hydrogen) atoms. The highest BCUT2D eigenvalue weighted by atomic mass is 31.2. The zero-order valence-electron chi connectivity index (χ0n) is 13.1. The van der Waals surface area contributed by atoms with Crippen molar-refractivity contribution >= 4 is 7.60 Å². The van der Waals surface area contributed by atoms with Crippen LogP contribution in [0.5, 0.6) is 0 Å². The summed E-state index contributed by atoms with van der Waals surface area (Å²) in [6.45, 7) is 6.40. The van der Waals surface area contributed by atoms with Crippen molar-refractivity contribution in [1.29, 1.82) is 0 Å². The summed E-state index contributed by atoms with van der Waals surface area (Å²) in [5.41, 5.74) is 2.28. The predicted molar refractivity (Wildman–Crippen MR) is 82.0 cm³/mol. The van der Waals surface area contributed by atoms with E-state index in [0.717, 1.165) is 5.56 Å². The molecule has 0 amide bonds. The second-order valence-electron chi connectivity index (χ2n) is 5.14. The first-order chi connectivity index (χ1) is 10.00. The predicted octanol–water partition coefficient (Wildman–Crippen LogP) is 3.90. The van der Waals surface area contributed by atoms with E-state index in [1.165, 1.54) is 5.56 Å². The normalized spacial score (nSPS) is 23.6. The highest BCUT2D eigenvalue weighted by molar-refractivity contribution is 7.54. The maximum atomic E-state index is 12.9. The smallest absolute Gasteiger partial charge is 0.308 e. The van der Waals surface area contributed by atoms with Gasteiger partial charge in [-0.3, -0.25) is 9.40 Å². The van der Waals surface area contributed by atoms with Crippen LogP contribution in [0.25, 0.3) is 0 Å². The molecule has 1 saturated heterocycles. The molecule has 118 valence electrons. The highest BCUT2D eigenvalue weighted by Gasteiger charge is 2.46. The molecule has 0 saturated carbocycles. The van der Waals surface area contributed by atoms with Gasteiger partial charge in [-0.2, -0.15) is 5.06 Å². The molecular weight excluding hydrogens is 289 g/mol. The van der Waals surface area contributed by atoms with Gasteiger partial charge in [0.1, 0.15) is 11.9 Å². The van der Waals surface area contributed by atoms with E-state index in [1.54, 1.807) is 12.1 Å². The largest absolute Gasteiger partial charge is 0.350 e. The van der Waals surface area contributed by atoms with Gasteiger partial charge in [-0.05, 0) is 26.3 Å². The average molecular weight is 313 g/mol. The van der Waals surface area contributed by atoms with Crippen molar-refractivity contribution in [3.63, 3.8) is 0 Å². The molecule has 2 atom stereocenters. The molecule has 6 heteroatoms. The third-order valence-electron chi connectivity index (χ3n) is 3.57. The number of rotatable bonds is 6. The van der Waals surface area contributed by atoms with E-state index >= 15 is 0 Å². The summed E-state index contributed by atoms with van der Waals surface area (Å²) in [5.74, 6) is -0.372. The van der Waals surface area contributed by atoms with Crippen LogP contribution >= 0.6 is 7.60 Å². The first kappa shape index (κ1) is 16.7. The first-order valence-corrected chi connectivity index (χ1v) is 8.96. The molecule has 1 aliphatic heterocycles. The monoisotopic (exact) mass is 313 g/mol. The third-order valence-corrected chi connectivity index (χ3v) is 6.07. The molecule has 0 radical (unpaired) electrons. The van der Waals surface area contributed by atoms with Gasteiger partial charge in [-0.1, -0.05) is 29.8 Å². The van der Waals surface area contributed by atoms with Crippen molar-refractivity contribution in [2.24, 2.45) is 0 Å². The minimum absolute atomic E-state index is 0.116. The van der Waals surface area contributed by atoms with Gasteiger partial charge >= 0.3 is 7.60 Å². The fourth-order valence-electron chi connectivity index (χ4n) is 2.53. The topological polar surface area (TPSA) is 48.0 Å². The van der Waals surface area contributed by atoms with Crippen LogP contribution < -0.4 is 0 Å². The van der Waals surface area contributed by atoms with Gasteiger partial charge in [-0.25, -0.2) is 0 Å². The summed E-state index contributed by atoms with van der Waals surface area (Å²) >= 11 is 0. The second kappa shape index (κ2) is 7.03. The standard InChI is InChI=1S/C15H24NO4P/c1-5-18-21(17,19-6-2)15-11-14(20-16(15)4)13-9-7-12(3)8-10-13/h7-10,14-15H,5-6,11H2,1-4H3/t14-,15+/m1/s1. The van der Waals surface area contributed by atoms with Crippen LogP contribution in [0.1, 0.15) is 37.5 Å². The van der Waals surface area contributed by atoms with E-state index in [2.05, 4.69) is 12.1 Å². The molecule has 0 bridgehead atoms. The third kappa shape index (κ3) is 3.74. The van der Waals surface area contributed by atoms with E-state index in [4.69, 9.17) is 13.9 Å². The lowest BCUT2D eigenvalue weighted by Crippen LogP contribution is -2.25. The van der Waals surface area contributed by atoms with Crippen molar-refractivity contribution in [2.45, 2.75) is 39.1 Å². The molecule has 0 aromatic heterocycles. The summed E-state index contributed by atoms with van der Waals surface area (Å²) in [5, 5.41) is 1.62. The number of benzene rings is 1. The van der Waals surface area contributed by atoms with Gasteiger partial charge in [0.25, 0.3) is 0 Å². The lowest BCUT2D eigenvalue weighted by molar-refractivity contribution is -0.137. The Morgan fingerprint density at radius 3 is 2.33 bits per heavy atom. The second-order valence-corrected chi connectivity index (χ2v) is 7.33. The molecule has 1 aromatic carbocycles. The van der Waals surface area contributed by atoms with E-state index in [1.807, 2.05) is 32.9 Å². The SMILES string of the molecule is CCOP(=O)(OCC)[C@H]1C[C@H](c2ccc(C)cc2)ON1C. The van der Waals surface area contributed by atoms with Crippen LogP contribution in [-0.2, 0) is 18.5 Å². The van der Waals surface area contributed by atoms with Gasteiger partial charge in [0.15, 0.2) is 0 Å². The van der Waals surface area contributed by atoms with E-state index < -0.39 is 7.60 Å². The molecule has 1 heterocycles. The summed E-state index contributed by atoms with van der Waals surface area (Å²) in [6.07, 6.45) is 0.478. The summed E-state index contributed by atoms with van der Waals surface area (Å²) in [6, 6.07) is 8.19. The lowest BCUT2D eigenvalue weighted by atomic mass is 10.1. The Kier molecular flexibility index (Phi) is 5.58. The average Bonchev–Trinajstić information content (AvgIpc) is 2.83. The van der Waals surface area contributed by atoms with Crippen LogP contribution in [-0.4, -0.2) is 31.1 Å². The van der Waals surface area contributed by atoms with Gasteiger partial charge in [0.2, 0.25) is 0 Å². The fraction of sp³-hybridized carbons (Fsp3) is 0.600. The summed E-state index contributed by atoms with van der Waals surface area (Å²) in [4.78, 5) is 5.84. The molecule has 0 unspecified atom stereocenters. The Hall–Kier alpha value is -0.710. The molecule has 1 fully saturated rings. The van der Waals surface area contributed by atoms with Gasteiger partial charge in [0, 0.05) is 13.5 Å². The zero-order valence-corrected chi connectivity index (χ0v) is 14.0. The van der Waals surface area contributed by atoms with Gasteiger partial charge < -0.3 is 9.05 Å². The Morgan fingerprint density at radius 1 is 1.24 bits per heavy atom. The maximum absolute atomic E-state index is 12.9. The highest BCUT2D eigenvalue weighted by Crippen LogP contribution is 2.59. The van der Waals surface area contributed by atoms with E-state index in [9.17, 15) is 4.57 Å². The molecule has 5 nitrogen and oxygen atoms in total. The Bertz CT molecular complexity index is 495. The molecule has 0 aliphatic carbocycles. The van der Waals surface area contributed by atoms with Crippen molar-refractivity contribution in [3.05, 3.63) is 35.4 Å². The van der Waals surface area contributed by atoms with Crippen LogP contribution in [0.15, 0.2) is 24.3 Å². The Balaban J connectivity index is 2.16. The fourth-order valence-corrected chi connectivity index (χ4v) is 4.57. The van der Waals surface area contributed by atoms with Crippen LogP contribution in [0.4, 0.5) is 0 Å². The molecule has 0 N–H and O–H groups in total. The quantitative estimate of drug-likeness (QED) is 0.746. The number of hydrogen-bond acceptors (Lipinski definition) is 5. The summed E-state index contributed by atoms with van der Waals surface area (Å²) in [7, 11) is -1.41. The molecule has 1 aromatic rings. The van der Waals surface area contributed by atoms with Gasteiger partial charge in [0.05, 0.1) is 13.2 Å². The van der Waals surface area contributed by atoms with Crippen molar-refractivity contribution in [3.8, 4) is 0 Å². The number of hydrogen-bond donors (Lipinski definition) is 0. The van der Waals surface area contributed by atoms with E-state index in [0.29, 0.717) is 19.6 Å². The number of hydroxylamine groups is 2. The van der Waals surface area contributed by atoms with Crippen molar-refractivity contribution < 1.29 is 18.5 Å². The molecule has 0 spiro atoms. The zero-order chi connectivity index (χ0) is 15.5. The lowest BCUT2D eigenvalue weighted by Gasteiger charge is -2.25. The summed E-state index contributed by atoms with van der Waals surface area (Å²) < 4.78 is 23.8. The molecule has 2 rings (SSSR count). The van der Waals surface area contributed by atoms with Crippen LogP contribution in [0, 0.1) is 6.92 Å². The first-order valence-electron chi connectivity index (χ1n) is 7.35. The number of nitrogens with zero attached hydrogens (tertiary/aromatic N) is 1. The van der Waals surface area contributed by atoms with E-state index in [-0.39, 0.29) is 11.9 Å². The number of aryl methyl sites for hydroxylation is 1. The van der Waals surface area contributed by atoms with Gasteiger partial charge in [-0.15, -0.1) is 0 Å². The Labute approximate surface area is 126 Å². The Morgan fingerprint density at radius 2 is 1.81 bits per heavy atom. The molecule has 1 aliphatic rings.